The van der Waals surface area contributed by atoms with Crippen LogP contribution in [0.5, 0.6) is 0 Å². The Morgan fingerprint density at radius 3 is 1.91 bits per heavy atom. The van der Waals surface area contributed by atoms with E-state index in [2.05, 4.69) is 209 Å². The monoisotopic (exact) mass is 880 g/mol. The van der Waals surface area contributed by atoms with Crippen LogP contribution in [0.2, 0.25) is 0 Å². The summed E-state index contributed by atoms with van der Waals surface area (Å²) >= 11 is 3.68. The molecule has 310 valence electrons. The van der Waals surface area contributed by atoms with Crippen LogP contribution in [0.25, 0.3) is 111 Å². The molecule has 0 spiro atoms. The number of furan rings is 1. The van der Waals surface area contributed by atoms with Crippen LogP contribution in [-0.2, 0) is 0 Å². The number of nitrogens with one attached hydrogen (secondary N) is 2. The summed E-state index contributed by atoms with van der Waals surface area (Å²) in [6.07, 6.45) is -0.755. The van der Waals surface area contributed by atoms with E-state index in [1.54, 1.807) is 0 Å². The maximum absolute atomic E-state index is 7.12. The van der Waals surface area contributed by atoms with Crippen molar-refractivity contribution in [1.29, 1.82) is 0 Å². The third kappa shape index (κ3) is 5.33. The Kier molecular flexibility index (Phi) is 7.66. The molecule has 0 saturated heterocycles. The summed E-state index contributed by atoms with van der Waals surface area (Å²) in [4.78, 5) is 5.58. The van der Waals surface area contributed by atoms with Gasteiger partial charge in [-0.15, -0.1) is 22.7 Å². The predicted molar refractivity (Wildman–Crippen MR) is 280 cm³/mol. The molecule has 2 unspecified atom stereocenters. The molecule has 5 heterocycles. The van der Waals surface area contributed by atoms with Crippen molar-refractivity contribution in [3.63, 3.8) is 0 Å². The zero-order valence-electron chi connectivity index (χ0n) is 35.2. The molecule has 0 fully saturated rings. The molecule has 0 saturated carbocycles. The molecule has 1 aliphatic heterocycles. The number of amidine groups is 1. The smallest absolute Gasteiger partial charge is 0.159 e. The number of fused-ring (bicyclic) bond motifs is 15. The highest BCUT2D eigenvalue weighted by molar-refractivity contribution is 7.26. The normalized spacial score (nSPS) is 15.7. The fraction of sp³-hybridized carbons (Fsp3) is 0.0339. The average molecular weight is 881 g/mol. The molecule has 15 rings (SSSR count). The van der Waals surface area contributed by atoms with Gasteiger partial charge >= 0.3 is 0 Å². The van der Waals surface area contributed by atoms with Gasteiger partial charge in [-0.1, -0.05) is 127 Å². The summed E-state index contributed by atoms with van der Waals surface area (Å²) in [5.41, 5.74) is 8.19. The maximum Gasteiger partial charge on any atom is 0.159 e. The molecule has 14 aromatic rings. The van der Waals surface area contributed by atoms with E-state index in [0.717, 1.165) is 61.2 Å². The van der Waals surface area contributed by atoms with Gasteiger partial charge in [-0.3, -0.25) is 5.32 Å². The molecule has 7 heteroatoms. The van der Waals surface area contributed by atoms with Crippen molar-refractivity contribution in [2.24, 2.45) is 4.99 Å². The fourth-order valence-corrected chi connectivity index (χ4v) is 12.9. The van der Waals surface area contributed by atoms with Crippen LogP contribution in [-0.4, -0.2) is 10.4 Å². The summed E-state index contributed by atoms with van der Waals surface area (Å²) in [5, 5.41) is 22.4. The van der Waals surface area contributed by atoms with Crippen molar-refractivity contribution in [2.75, 3.05) is 0 Å². The van der Waals surface area contributed by atoms with E-state index in [1.165, 1.54) is 72.7 Å². The largest absolute Gasteiger partial charge is 0.454 e. The third-order valence-corrected chi connectivity index (χ3v) is 16.1. The molecular weight excluding hydrogens is 845 g/mol. The lowest BCUT2D eigenvalue weighted by Crippen LogP contribution is -2.45. The Labute approximate surface area is 385 Å². The Hall–Kier alpha value is -7.81. The van der Waals surface area contributed by atoms with Crippen LogP contribution < -0.4 is 10.6 Å². The third-order valence-electron chi connectivity index (χ3n) is 13.8. The first kappa shape index (κ1) is 36.5. The number of hydrogen-bond donors (Lipinski definition) is 2. The van der Waals surface area contributed by atoms with Crippen LogP contribution in [0.4, 0.5) is 0 Å². The van der Waals surface area contributed by atoms with Gasteiger partial charge in [0.25, 0.3) is 0 Å². The maximum atomic E-state index is 7.12. The summed E-state index contributed by atoms with van der Waals surface area (Å²) in [6.45, 7) is 0. The first-order valence-electron chi connectivity index (χ1n) is 22.4. The quantitative estimate of drug-likeness (QED) is 0.185. The van der Waals surface area contributed by atoms with E-state index in [-0.39, 0.29) is 12.3 Å². The summed E-state index contributed by atoms with van der Waals surface area (Å²) in [5.74, 6) is 0.838. The number of para-hydroxylation sites is 1. The zero-order valence-corrected chi connectivity index (χ0v) is 36.9. The van der Waals surface area contributed by atoms with Crippen molar-refractivity contribution in [3.8, 4) is 5.69 Å². The number of rotatable bonds is 4. The highest BCUT2D eigenvalue weighted by atomic mass is 32.1. The number of hydrogen-bond acceptors (Lipinski definition) is 6. The molecule has 1 aliphatic rings. The number of aromatic nitrogens is 1. The molecule has 0 amide bonds. The molecule has 0 aliphatic carbocycles. The van der Waals surface area contributed by atoms with Crippen LogP contribution >= 0.6 is 22.7 Å². The van der Waals surface area contributed by atoms with Gasteiger partial charge in [0.15, 0.2) is 5.58 Å². The SMILES string of the molecule is c1ccc2cc3c(cc2c1)c1ccc2ccccc2c1n3-c1c(C2NC(c3ccc4sc5ccccc5c4c3)=NC(c3ccc4sc5ccccc5c4c3)N2)ccc2c1oc1ccccc12. The fourth-order valence-electron chi connectivity index (χ4n) is 10.8. The molecule has 0 bridgehead atoms. The first-order chi connectivity index (χ1) is 32.7. The Balaban J connectivity index is 1.02. The number of benzene rings is 10. The highest BCUT2D eigenvalue weighted by Crippen LogP contribution is 2.45. The van der Waals surface area contributed by atoms with Gasteiger partial charge in [0, 0.05) is 78.4 Å². The van der Waals surface area contributed by atoms with Gasteiger partial charge in [0.05, 0.1) is 16.7 Å². The van der Waals surface area contributed by atoms with Crippen molar-refractivity contribution >= 4 is 134 Å². The lowest BCUT2D eigenvalue weighted by molar-refractivity contribution is 0.408. The van der Waals surface area contributed by atoms with E-state index in [4.69, 9.17) is 9.41 Å². The lowest BCUT2D eigenvalue weighted by atomic mass is 10.0. The summed E-state index contributed by atoms with van der Waals surface area (Å²) < 4.78 is 14.7. The second-order valence-corrected chi connectivity index (χ2v) is 19.7. The van der Waals surface area contributed by atoms with E-state index < -0.39 is 0 Å². The van der Waals surface area contributed by atoms with Gasteiger partial charge in [-0.2, -0.15) is 0 Å². The van der Waals surface area contributed by atoms with Crippen molar-refractivity contribution in [3.05, 3.63) is 211 Å². The van der Waals surface area contributed by atoms with Gasteiger partial charge < -0.3 is 14.3 Å². The minimum Gasteiger partial charge on any atom is -0.454 e. The molecule has 2 atom stereocenters. The second kappa shape index (κ2) is 13.8. The van der Waals surface area contributed by atoms with Crippen LogP contribution in [0.1, 0.15) is 29.0 Å². The van der Waals surface area contributed by atoms with Crippen molar-refractivity contribution in [2.45, 2.75) is 12.3 Å². The zero-order chi connectivity index (χ0) is 43.0. The molecule has 5 nitrogen and oxygen atoms in total. The van der Waals surface area contributed by atoms with Gasteiger partial charge in [0.2, 0.25) is 0 Å². The molecule has 10 aromatic carbocycles. The summed E-state index contributed by atoms with van der Waals surface area (Å²) in [6, 6.07) is 70.8. The van der Waals surface area contributed by atoms with E-state index >= 15 is 0 Å². The molecule has 66 heavy (non-hydrogen) atoms. The van der Waals surface area contributed by atoms with Crippen LogP contribution in [0, 0.1) is 0 Å². The van der Waals surface area contributed by atoms with E-state index in [0.29, 0.717) is 0 Å². The number of thiophene rings is 2. The molecule has 4 aromatic heterocycles. The van der Waals surface area contributed by atoms with Gasteiger partial charge in [-0.05, 0) is 88.5 Å². The van der Waals surface area contributed by atoms with E-state index in [1.807, 2.05) is 22.7 Å². The highest BCUT2D eigenvalue weighted by Gasteiger charge is 2.31. The standard InChI is InChI=1S/C59H36N4OS2/c1-2-13-35-32-48-45(29-34(35)12-1)42-24-21-33-11-3-4-14-38(33)54(42)63(48)55-44(26-25-43-39-15-5-8-18-49(39)64-56(43)55)59-61-57(36-22-27-52-46(30-36)40-16-6-9-19-50(40)65-52)60-58(62-59)37-23-28-53-47(31-37)41-17-7-10-20-51(41)66-53/h1-32,57,59,61H,(H,60,62). The van der Waals surface area contributed by atoms with Crippen LogP contribution in [0.15, 0.2) is 204 Å². The first-order valence-corrected chi connectivity index (χ1v) is 24.0. The number of aliphatic imine (C=N–C) groups is 1. The Bertz CT molecular complexity index is 4400. The average Bonchev–Trinajstić information content (AvgIpc) is 4.14. The number of nitrogens with zero attached hydrogens (tertiary/aromatic N) is 2. The topological polar surface area (TPSA) is 54.5 Å². The van der Waals surface area contributed by atoms with Crippen molar-refractivity contribution in [1.82, 2.24) is 15.2 Å². The molecule has 2 N–H and O–H groups in total. The van der Waals surface area contributed by atoms with Crippen molar-refractivity contribution < 1.29 is 4.42 Å². The van der Waals surface area contributed by atoms with Crippen LogP contribution in [0.3, 0.4) is 0 Å². The predicted octanol–water partition coefficient (Wildman–Crippen LogP) is 16.1. The minimum atomic E-state index is -0.386. The second-order valence-electron chi connectivity index (χ2n) is 17.5. The molecule has 0 radical (unpaired) electrons. The van der Waals surface area contributed by atoms with Gasteiger partial charge in [0.1, 0.15) is 23.8 Å². The van der Waals surface area contributed by atoms with E-state index in [9.17, 15) is 0 Å². The minimum absolute atomic E-state index is 0.369. The lowest BCUT2D eigenvalue weighted by Gasteiger charge is -2.33. The Morgan fingerprint density at radius 1 is 0.470 bits per heavy atom. The van der Waals surface area contributed by atoms with Gasteiger partial charge in [-0.25, -0.2) is 4.99 Å². The Morgan fingerprint density at radius 2 is 1.11 bits per heavy atom. The summed E-state index contributed by atoms with van der Waals surface area (Å²) in [7, 11) is 0. The molecular formula is C59H36N4OS2.